The smallest absolute Gasteiger partial charge is 0.252 e. The fourth-order valence-electron chi connectivity index (χ4n) is 17.9. The molecule has 18 aromatic rings. The normalized spacial score (nSPS) is 13.8. The van der Waals surface area contributed by atoms with Crippen molar-refractivity contribution >= 4 is 142 Å². The van der Waals surface area contributed by atoms with Crippen LogP contribution in [0.5, 0.6) is 0 Å². The highest BCUT2D eigenvalue weighted by Gasteiger charge is 2.47. The summed E-state index contributed by atoms with van der Waals surface area (Å²) in [6.45, 7) is 27.3. The summed E-state index contributed by atoms with van der Waals surface area (Å²) in [4.78, 5) is 5.28. The molecular formula is C106H88BN3S2. The molecule has 2 aliphatic heterocycles. The minimum Gasteiger partial charge on any atom is -0.310 e. The monoisotopic (exact) mass is 1480 g/mol. The van der Waals surface area contributed by atoms with Gasteiger partial charge in [-0.25, -0.2) is 0 Å². The molecule has 0 unspecified atom stereocenters. The Morgan fingerprint density at radius 1 is 0.286 bits per heavy atom. The molecule has 15 aromatic carbocycles. The van der Waals surface area contributed by atoms with Gasteiger partial charge in [0.25, 0.3) is 6.71 Å². The van der Waals surface area contributed by atoms with Gasteiger partial charge < -0.3 is 14.4 Å². The summed E-state index contributed by atoms with van der Waals surface area (Å²) in [6, 6.07) is 105. The summed E-state index contributed by atoms with van der Waals surface area (Å²) >= 11 is 3.66. The van der Waals surface area contributed by atoms with Crippen molar-refractivity contribution in [2.75, 3.05) is 9.80 Å². The van der Waals surface area contributed by atoms with Gasteiger partial charge in [-0.3, -0.25) is 0 Å². The highest BCUT2D eigenvalue weighted by molar-refractivity contribution is 7.26. The van der Waals surface area contributed by atoms with Crippen molar-refractivity contribution < 1.29 is 6.85 Å². The van der Waals surface area contributed by atoms with Crippen LogP contribution in [0.3, 0.4) is 0 Å². The lowest BCUT2D eigenvalue weighted by atomic mass is 9.33. The van der Waals surface area contributed by atoms with Gasteiger partial charge in [-0.05, 0) is 190 Å². The van der Waals surface area contributed by atoms with Gasteiger partial charge in [-0.2, -0.15) is 0 Å². The third kappa shape index (κ3) is 11.3. The third-order valence-electron chi connectivity index (χ3n) is 23.6. The van der Waals surface area contributed by atoms with Gasteiger partial charge in [0.1, 0.15) is 0 Å². The number of thiophene rings is 2. The number of para-hydroxylation sites is 2. The Morgan fingerprint density at radius 3 is 1.21 bits per heavy atom. The van der Waals surface area contributed by atoms with E-state index in [4.69, 9.17) is 1.37 Å². The van der Waals surface area contributed by atoms with Crippen molar-refractivity contribution in [3.05, 3.63) is 338 Å². The van der Waals surface area contributed by atoms with Crippen molar-refractivity contribution in [1.29, 1.82) is 0 Å². The summed E-state index contributed by atoms with van der Waals surface area (Å²) in [5.74, 6) is 0. The van der Waals surface area contributed by atoms with Crippen LogP contribution in [0, 0.1) is 0 Å². The second kappa shape index (κ2) is 25.9. The van der Waals surface area contributed by atoms with Crippen molar-refractivity contribution in [2.45, 2.75) is 105 Å². The van der Waals surface area contributed by atoms with E-state index in [0.717, 1.165) is 134 Å². The zero-order valence-corrected chi connectivity index (χ0v) is 67.0. The first-order chi connectivity index (χ1) is 56.2. The number of aromatic nitrogens is 1. The van der Waals surface area contributed by atoms with Gasteiger partial charge >= 0.3 is 0 Å². The maximum atomic E-state index is 9.89. The lowest BCUT2D eigenvalue weighted by molar-refractivity contribution is 0.569. The average molecular weight is 1480 g/mol. The van der Waals surface area contributed by atoms with Gasteiger partial charge in [-0.15, -0.1) is 22.7 Å². The Balaban J connectivity index is 1.03. The Morgan fingerprint density at radius 2 is 0.705 bits per heavy atom. The highest BCUT2D eigenvalue weighted by Crippen LogP contribution is 2.58. The van der Waals surface area contributed by atoms with E-state index < -0.39 is 12.8 Å². The third-order valence-corrected chi connectivity index (χ3v) is 25.9. The van der Waals surface area contributed by atoms with Gasteiger partial charge in [-0.1, -0.05) is 313 Å². The fourth-order valence-corrected chi connectivity index (χ4v) is 20.1. The first-order valence-corrected chi connectivity index (χ1v) is 40.9. The largest absolute Gasteiger partial charge is 0.310 e. The Hall–Kier alpha value is -11.8. The van der Waals surface area contributed by atoms with E-state index >= 15 is 0 Å². The van der Waals surface area contributed by atoms with Crippen LogP contribution in [0.2, 0.25) is 0 Å². The van der Waals surface area contributed by atoms with E-state index in [-0.39, 0.29) is 51.4 Å². The maximum Gasteiger partial charge on any atom is 0.252 e. The highest BCUT2D eigenvalue weighted by atomic mass is 32.1. The van der Waals surface area contributed by atoms with Crippen LogP contribution in [0.15, 0.2) is 315 Å². The second-order valence-electron chi connectivity index (χ2n) is 34.8. The number of anilines is 6. The zero-order valence-electron chi connectivity index (χ0n) is 70.4. The molecule has 0 bridgehead atoms. The molecule has 20 rings (SSSR count). The number of fused-ring (bicyclic) bond motifs is 13. The van der Waals surface area contributed by atoms with Crippen molar-refractivity contribution in [3.63, 3.8) is 0 Å². The minimum atomic E-state index is -0.562. The predicted octanol–water partition coefficient (Wildman–Crippen LogP) is 28.8. The molecule has 0 saturated heterocycles. The van der Waals surface area contributed by atoms with Gasteiger partial charge in [0.15, 0.2) is 0 Å². The van der Waals surface area contributed by atoms with Crippen molar-refractivity contribution in [1.82, 2.24) is 4.57 Å². The van der Waals surface area contributed by atoms with E-state index in [1.54, 1.807) is 0 Å². The molecule has 0 saturated carbocycles. The number of nitrogens with zero attached hydrogens (tertiary/aromatic N) is 3. The molecule has 0 radical (unpaired) electrons. The first kappa shape index (κ1) is 63.9. The summed E-state index contributed by atoms with van der Waals surface area (Å²) in [7, 11) is 0. The van der Waals surface area contributed by atoms with E-state index in [1.807, 2.05) is 28.7 Å². The fraction of sp³-hybridized carbons (Fsp3) is 0.151. The molecule has 3 nitrogen and oxygen atoms in total. The van der Waals surface area contributed by atoms with Crippen LogP contribution in [-0.2, 0) is 21.7 Å². The van der Waals surface area contributed by atoms with E-state index in [0.29, 0.717) is 5.56 Å². The summed E-state index contributed by atoms with van der Waals surface area (Å²) < 4.78 is 54.8. The summed E-state index contributed by atoms with van der Waals surface area (Å²) in [6.07, 6.45) is 0. The van der Waals surface area contributed by atoms with Crippen LogP contribution in [0.1, 0.15) is 112 Å². The van der Waals surface area contributed by atoms with E-state index in [9.17, 15) is 5.48 Å². The average Bonchev–Trinajstić information content (AvgIpc) is 1.08. The molecule has 5 heterocycles. The molecule has 0 amide bonds. The number of rotatable bonds is 9. The summed E-state index contributed by atoms with van der Waals surface area (Å²) in [5.41, 5.74) is 27.2. The van der Waals surface area contributed by atoms with Crippen LogP contribution in [0.4, 0.5) is 34.1 Å². The van der Waals surface area contributed by atoms with Gasteiger partial charge in [0.05, 0.1) is 34.9 Å². The van der Waals surface area contributed by atoms with Crippen molar-refractivity contribution in [3.8, 4) is 72.4 Å². The minimum absolute atomic E-state index is 0.145. The lowest BCUT2D eigenvalue weighted by Crippen LogP contribution is -2.61. The Kier molecular flexibility index (Phi) is 14.8. The Labute approximate surface area is 673 Å². The quantitative estimate of drug-likeness (QED) is 0.133. The predicted molar refractivity (Wildman–Crippen MR) is 488 cm³/mol. The molecule has 0 fully saturated rings. The van der Waals surface area contributed by atoms with E-state index in [1.165, 1.54) is 62.6 Å². The maximum absolute atomic E-state index is 9.89. The standard InChI is InChI=1S/C106H88BN3S2/c1-103(2,3)71-54-70(55-72(58-71)104(4,5)6)69-50-52-86-91(57-69)110(101-82(66-34-18-14-19-35-66)59-73(105(7,8)9)60-83(101)67-36-20-15-21-37-67)93-64-75(108-88-44-26-22-38-76(88)77-39-23-27-45-89(77)108)63-92-100(93)107(86)87-56-68(65-32-16-13-17-33-65)51-53-90(87)109(92)102-84(78-42-30-48-96-98(78)80-40-24-28-46-94(80)111-96)61-74(106(10,11)12)62-85(102)79-43-31-49-97-99(79)81-41-25-29-47-95(81)112-97/h13-64H,1-12H3/i13D,16D,17D,32D,33D. The molecule has 3 aromatic heterocycles. The molecule has 2 aliphatic rings. The SMILES string of the molecule is [2H]c1c([2H])c([2H])c(-c2ccc3c(c2)B2c4ccc(-c5cc(C(C)(C)C)cc(C(C)(C)C)c5)cc4N(c4c(-c5ccccc5)cc(C(C)(C)C)cc4-c4ccccc4)c4cc(-n5c6ccccc6c6ccccc65)cc(c42)N3c2c(-c3cccc4sc5ccccc5c34)cc(C(C)(C)C)cc2-c2cccc3sc4ccccc4c23)c([2H])c1[2H]. The second-order valence-corrected chi connectivity index (χ2v) is 37.0. The molecular weight excluding hydrogens is 1390 g/mol. The lowest BCUT2D eigenvalue weighted by Gasteiger charge is -2.46. The zero-order chi connectivity index (χ0) is 80.8. The summed E-state index contributed by atoms with van der Waals surface area (Å²) in [5, 5.41) is 7.03. The molecule has 0 spiro atoms. The van der Waals surface area contributed by atoms with Crippen LogP contribution in [0.25, 0.3) is 135 Å². The Bertz CT molecular complexity index is 6890. The van der Waals surface area contributed by atoms with Crippen LogP contribution in [-0.4, -0.2) is 11.3 Å². The molecule has 6 heteroatoms. The molecule has 0 aliphatic carbocycles. The first-order valence-electron chi connectivity index (χ1n) is 41.7. The molecule has 542 valence electrons. The van der Waals surface area contributed by atoms with Crippen LogP contribution < -0.4 is 26.2 Å². The van der Waals surface area contributed by atoms with Crippen molar-refractivity contribution in [2.24, 2.45) is 0 Å². The number of hydrogen-bond donors (Lipinski definition) is 0. The number of hydrogen-bond acceptors (Lipinski definition) is 4. The molecule has 0 atom stereocenters. The van der Waals surface area contributed by atoms with Crippen LogP contribution >= 0.6 is 22.7 Å². The topological polar surface area (TPSA) is 11.4 Å². The van der Waals surface area contributed by atoms with E-state index in [2.05, 4.69) is 377 Å². The molecule has 0 N–H and O–H groups in total. The molecule has 112 heavy (non-hydrogen) atoms. The number of benzene rings is 15. The van der Waals surface area contributed by atoms with Gasteiger partial charge in [0, 0.05) is 96.1 Å². The van der Waals surface area contributed by atoms with Gasteiger partial charge in [0.2, 0.25) is 0 Å².